The van der Waals surface area contributed by atoms with E-state index in [2.05, 4.69) is 29.6 Å². The summed E-state index contributed by atoms with van der Waals surface area (Å²) in [7, 11) is 1.73. The van der Waals surface area contributed by atoms with Gasteiger partial charge in [-0.3, -0.25) is 14.5 Å². The minimum Gasteiger partial charge on any atom is -0.480 e. The summed E-state index contributed by atoms with van der Waals surface area (Å²) >= 11 is 0. The van der Waals surface area contributed by atoms with Crippen LogP contribution >= 0.6 is 0 Å². The summed E-state index contributed by atoms with van der Waals surface area (Å²) in [5, 5.41) is 12.3. The summed E-state index contributed by atoms with van der Waals surface area (Å²) in [6.45, 7) is 6.67. The summed E-state index contributed by atoms with van der Waals surface area (Å²) in [6, 6.07) is 14.6. The zero-order chi connectivity index (χ0) is 25.3. The van der Waals surface area contributed by atoms with Crippen molar-refractivity contribution in [1.29, 1.82) is 0 Å². The Kier molecular flexibility index (Phi) is 6.85. The van der Waals surface area contributed by atoms with Crippen molar-refractivity contribution in [2.24, 2.45) is 5.41 Å². The van der Waals surface area contributed by atoms with Gasteiger partial charge in [0.1, 0.15) is 18.7 Å². The normalized spacial score (nSPS) is 19.0. The molecule has 1 saturated heterocycles. The molecular weight excluding hydrogens is 446 g/mol. The first kappa shape index (κ1) is 24.7. The largest absolute Gasteiger partial charge is 0.480 e. The number of carbonyl (C=O) groups is 3. The molecule has 0 radical (unpaired) electrons. The number of aliphatic carboxylic acids is 1. The van der Waals surface area contributed by atoms with Gasteiger partial charge in [0.05, 0.1) is 0 Å². The van der Waals surface area contributed by atoms with Gasteiger partial charge in [-0.15, -0.1) is 0 Å². The molecule has 8 nitrogen and oxygen atoms in total. The number of alkyl carbamates (subject to hydrolysis) is 1. The van der Waals surface area contributed by atoms with Crippen molar-refractivity contribution in [3.63, 3.8) is 0 Å². The summed E-state index contributed by atoms with van der Waals surface area (Å²) in [6.07, 6.45) is -0.663. The molecule has 2 aromatic rings. The fourth-order valence-corrected chi connectivity index (χ4v) is 4.93. The van der Waals surface area contributed by atoms with E-state index in [9.17, 15) is 19.5 Å². The molecule has 1 fully saturated rings. The number of benzene rings is 2. The van der Waals surface area contributed by atoms with Crippen LogP contribution in [0.1, 0.15) is 37.8 Å². The van der Waals surface area contributed by atoms with Gasteiger partial charge in [0.15, 0.2) is 0 Å². The van der Waals surface area contributed by atoms with Crippen LogP contribution in [0.15, 0.2) is 48.5 Å². The van der Waals surface area contributed by atoms with Gasteiger partial charge in [0, 0.05) is 25.6 Å². The fourth-order valence-electron chi connectivity index (χ4n) is 4.93. The van der Waals surface area contributed by atoms with Crippen molar-refractivity contribution in [1.82, 2.24) is 15.1 Å². The SMILES string of the molecule is CN1CCN(C(=O)[C@@H](NC(=O)OCC2c3ccccc3-c3ccccc32)C(C)(C)C)CC1C(=O)O. The second-order valence-corrected chi connectivity index (χ2v) is 10.4. The Morgan fingerprint density at radius 1 is 1.03 bits per heavy atom. The second kappa shape index (κ2) is 9.70. The predicted molar refractivity (Wildman–Crippen MR) is 132 cm³/mol. The molecule has 2 aliphatic rings. The van der Waals surface area contributed by atoms with E-state index in [1.165, 1.54) is 4.90 Å². The Morgan fingerprint density at radius 2 is 1.60 bits per heavy atom. The van der Waals surface area contributed by atoms with Crippen molar-refractivity contribution in [3.8, 4) is 11.1 Å². The molecule has 1 unspecified atom stereocenters. The third-order valence-electron chi connectivity index (χ3n) is 6.96. The maximum Gasteiger partial charge on any atom is 0.407 e. The van der Waals surface area contributed by atoms with Crippen LogP contribution in [0.4, 0.5) is 4.79 Å². The monoisotopic (exact) mass is 479 g/mol. The number of hydrogen-bond acceptors (Lipinski definition) is 5. The van der Waals surface area contributed by atoms with E-state index in [-0.39, 0.29) is 25.0 Å². The van der Waals surface area contributed by atoms with Gasteiger partial charge < -0.3 is 20.1 Å². The highest BCUT2D eigenvalue weighted by molar-refractivity contribution is 5.87. The molecule has 4 rings (SSSR count). The minimum absolute atomic E-state index is 0.0730. The van der Waals surface area contributed by atoms with Crippen molar-refractivity contribution < 1.29 is 24.2 Å². The zero-order valence-electron chi connectivity index (χ0n) is 20.7. The Bertz CT molecular complexity index is 1080. The van der Waals surface area contributed by atoms with Crippen LogP contribution < -0.4 is 5.32 Å². The van der Waals surface area contributed by atoms with E-state index in [0.717, 1.165) is 22.3 Å². The number of carboxylic acid groups (broad SMARTS) is 1. The average Bonchev–Trinajstić information content (AvgIpc) is 3.14. The number of nitrogens with zero attached hydrogens (tertiary/aromatic N) is 2. The number of rotatable bonds is 5. The maximum absolute atomic E-state index is 13.4. The standard InChI is InChI=1S/C27H33N3O5/c1-27(2,3)23(24(31)30-14-13-29(4)22(15-30)25(32)33)28-26(34)35-16-21-19-11-7-5-9-17(19)18-10-6-8-12-20(18)21/h5-12,21-23H,13-16H2,1-4H3,(H,28,34)(H,32,33)/t22?,23-/m1/s1. The van der Waals surface area contributed by atoms with Crippen LogP contribution in [0.5, 0.6) is 0 Å². The van der Waals surface area contributed by atoms with Crippen molar-refractivity contribution in [2.75, 3.05) is 33.3 Å². The number of carbonyl (C=O) groups excluding carboxylic acids is 2. The van der Waals surface area contributed by atoms with Crippen LogP contribution in [0, 0.1) is 5.41 Å². The van der Waals surface area contributed by atoms with E-state index >= 15 is 0 Å². The third kappa shape index (κ3) is 5.03. The molecule has 0 aromatic heterocycles. The summed E-state index contributed by atoms with van der Waals surface area (Å²) in [4.78, 5) is 41.1. The number of piperazine rings is 1. The number of amides is 2. The summed E-state index contributed by atoms with van der Waals surface area (Å²) < 4.78 is 5.66. The molecule has 1 heterocycles. The zero-order valence-corrected chi connectivity index (χ0v) is 20.7. The molecule has 2 atom stereocenters. The topological polar surface area (TPSA) is 99.2 Å². The van der Waals surface area contributed by atoms with E-state index in [4.69, 9.17) is 4.74 Å². The first-order valence-electron chi connectivity index (χ1n) is 11.9. The van der Waals surface area contributed by atoms with E-state index in [1.807, 2.05) is 45.0 Å². The number of nitrogens with one attached hydrogen (secondary N) is 1. The van der Waals surface area contributed by atoms with Gasteiger partial charge in [-0.05, 0) is 34.7 Å². The molecule has 1 aliphatic carbocycles. The number of ether oxygens (including phenoxy) is 1. The van der Waals surface area contributed by atoms with Gasteiger partial charge in [0.25, 0.3) is 0 Å². The molecule has 2 N–H and O–H groups in total. The summed E-state index contributed by atoms with van der Waals surface area (Å²) in [5.74, 6) is -1.35. The lowest BCUT2D eigenvalue weighted by Gasteiger charge is -2.41. The van der Waals surface area contributed by atoms with Crippen molar-refractivity contribution in [3.05, 3.63) is 59.7 Å². The molecule has 35 heavy (non-hydrogen) atoms. The van der Waals surface area contributed by atoms with E-state index in [1.54, 1.807) is 11.9 Å². The van der Waals surface area contributed by atoms with Gasteiger partial charge >= 0.3 is 12.1 Å². The highest BCUT2D eigenvalue weighted by Gasteiger charge is 2.40. The lowest BCUT2D eigenvalue weighted by molar-refractivity contribution is -0.149. The van der Waals surface area contributed by atoms with Crippen LogP contribution in [0.3, 0.4) is 0 Å². The number of carboxylic acids is 1. The van der Waals surface area contributed by atoms with Crippen molar-refractivity contribution >= 4 is 18.0 Å². The molecule has 0 bridgehead atoms. The van der Waals surface area contributed by atoms with Gasteiger partial charge in [-0.25, -0.2) is 4.79 Å². The number of likely N-dealkylation sites (N-methyl/N-ethyl adjacent to an activating group) is 1. The third-order valence-corrected chi connectivity index (χ3v) is 6.96. The van der Waals surface area contributed by atoms with Crippen LogP contribution in [0.2, 0.25) is 0 Å². The molecule has 1 aliphatic heterocycles. The Labute approximate surface area is 205 Å². The Balaban J connectivity index is 1.45. The molecule has 2 aromatic carbocycles. The van der Waals surface area contributed by atoms with Crippen LogP contribution in [-0.4, -0.2) is 78.2 Å². The Hall–Kier alpha value is -3.39. The minimum atomic E-state index is -0.971. The van der Waals surface area contributed by atoms with Crippen LogP contribution in [0.25, 0.3) is 11.1 Å². The van der Waals surface area contributed by atoms with Gasteiger partial charge in [0.2, 0.25) is 5.91 Å². The van der Waals surface area contributed by atoms with Gasteiger partial charge in [-0.2, -0.15) is 0 Å². The van der Waals surface area contributed by atoms with E-state index < -0.39 is 29.6 Å². The van der Waals surface area contributed by atoms with Crippen LogP contribution in [-0.2, 0) is 14.3 Å². The number of hydrogen-bond donors (Lipinski definition) is 2. The second-order valence-electron chi connectivity index (χ2n) is 10.4. The lowest BCUT2D eigenvalue weighted by Crippen LogP contribution is -2.61. The molecule has 8 heteroatoms. The molecule has 0 saturated carbocycles. The first-order valence-corrected chi connectivity index (χ1v) is 11.9. The quantitative estimate of drug-likeness (QED) is 0.684. The highest BCUT2D eigenvalue weighted by Crippen LogP contribution is 2.44. The maximum atomic E-state index is 13.4. The molecular formula is C27H33N3O5. The average molecular weight is 480 g/mol. The number of fused-ring (bicyclic) bond motifs is 3. The van der Waals surface area contributed by atoms with Crippen molar-refractivity contribution in [2.45, 2.75) is 38.8 Å². The van der Waals surface area contributed by atoms with Gasteiger partial charge in [-0.1, -0.05) is 69.3 Å². The smallest absolute Gasteiger partial charge is 0.407 e. The molecule has 0 spiro atoms. The fraction of sp³-hybridized carbons (Fsp3) is 0.444. The van der Waals surface area contributed by atoms with E-state index in [0.29, 0.717) is 13.1 Å². The predicted octanol–water partition coefficient (Wildman–Crippen LogP) is 3.17. The molecule has 2 amide bonds. The first-order chi connectivity index (χ1) is 16.6. The highest BCUT2D eigenvalue weighted by atomic mass is 16.5. The molecule has 186 valence electrons. The Morgan fingerprint density at radius 3 is 2.14 bits per heavy atom. The lowest BCUT2D eigenvalue weighted by atomic mass is 9.85. The summed E-state index contributed by atoms with van der Waals surface area (Å²) in [5.41, 5.74) is 3.92.